The molecule has 1 fully saturated rings. The molecule has 0 aliphatic carbocycles. The first-order chi connectivity index (χ1) is 13.8. The molecule has 2 unspecified atom stereocenters. The lowest BCUT2D eigenvalue weighted by atomic mass is 10.0. The van der Waals surface area contributed by atoms with Crippen LogP contribution in [0.25, 0.3) is 0 Å². The van der Waals surface area contributed by atoms with Crippen molar-refractivity contribution in [2.75, 3.05) is 11.9 Å². The number of carbonyl (C=O) groups is 1. The van der Waals surface area contributed by atoms with E-state index in [1.54, 1.807) is 24.3 Å². The second-order valence-corrected chi connectivity index (χ2v) is 7.38. The molecular weight excluding hydrogens is 405 g/mol. The zero-order chi connectivity index (χ0) is 21.0. The molecule has 1 aliphatic rings. The number of benzene rings is 1. The Morgan fingerprint density at radius 3 is 2.79 bits per heavy atom. The van der Waals surface area contributed by atoms with Gasteiger partial charge in [-0.2, -0.15) is 13.2 Å². The van der Waals surface area contributed by atoms with Gasteiger partial charge in [0.1, 0.15) is 5.82 Å². The summed E-state index contributed by atoms with van der Waals surface area (Å²) >= 11 is 5.90. The number of hydrogen-bond acceptors (Lipinski definition) is 4. The molecule has 1 aliphatic heterocycles. The van der Waals surface area contributed by atoms with Gasteiger partial charge in [0, 0.05) is 29.0 Å². The van der Waals surface area contributed by atoms with Gasteiger partial charge in [0.05, 0.1) is 11.1 Å². The van der Waals surface area contributed by atoms with Crippen molar-refractivity contribution in [1.29, 1.82) is 0 Å². The van der Waals surface area contributed by atoms with Gasteiger partial charge in [-0.1, -0.05) is 24.6 Å². The van der Waals surface area contributed by atoms with E-state index in [0.29, 0.717) is 17.1 Å². The van der Waals surface area contributed by atoms with Crippen molar-refractivity contribution in [1.82, 2.24) is 15.6 Å². The van der Waals surface area contributed by atoms with Crippen LogP contribution in [0.2, 0.25) is 5.02 Å². The Balaban J connectivity index is 1.84. The highest BCUT2D eigenvalue weighted by molar-refractivity contribution is 6.30. The van der Waals surface area contributed by atoms with Crippen LogP contribution in [-0.4, -0.2) is 29.5 Å². The monoisotopic (exact) mass is 426 g/mol. The first-order valence-electron chi connectivity index (χ1n) is 9.42. The maximum Gasteiger partial charge on any atom is 0.417 e. The molecular formula is C20H22ClF3N4O. The van der Waals surface area contributed by atoms with E-state index in [1.165, 1.54) is 0 Å². The summed E-state index contributed by atoms with van der Waals surface area (Å²) in [5, 5.41) is 9.23. The van der Waals surface area contributed by atoms with Crippen LogP contribution in [-0.2, 0) is 6.18 Å². The number of nitrogens with zero attached hydrogens (tertiary/aromatic N) is 1. The zero-order valence-electron chi connectivity index (χ0n) is 15.8. The minimum absolute atomic E-state index is 0.0272. The molecule has 0 radical (unpaired) electrons. The number of amides is 1. The van der Waals surface area contributed by atoms with Gasteiger partial charge in [-0.15, -0.1) is 0 Å². The molecule has 1 aromatic heterocycles. The second kappa shape index (κ2) is 9.00. The normalized spacial score (nSPS) is 17.8. The third-order valence-electron chi connectivity index (χ3n) is 4.89. The number of alkyl halides is 3. The molecule has 2 atom stereocenters. The first kappa shape index (κ1) is 21.4. The van der Waals surface area contributed by atoms with E-state index in [9.17, 15) is 18.0 Å². The Kier molecular flexibility index (Phi) is 6.64. The molecule has 1 amide bonds. The van der Waals surface area contributed by atoms with E-state index >= 15 is 0 Å². The Hall–Kier alpha value is -2.32. The largest absolute Gasteiger partial charge is 0.417 e. The summed E-state index contributed by atoms with van der Waals surface area (Å²) in [5.41, 5.74) is -1.04. The number of anilines is 2. The second-order valence-electron chi connectivity index (χ2n) is 6.94. The molecule has 3 N–H and O–H groups in total. The van der Waals surface area contributed by atoms with E-state index < -0.39 is 23.2 Å². The van der Waals surface area contributed by atoms with Crippen LogP contribution in [0.4, 0.5) is 24.7 Å². The van der Waals surface area contributed by atoms with Crippen LogP contribution in [0.1, 0.15) is 42.1 Å². The fraction of sp³-hybridized carbons (Fsp3) is 0.400. The highest BCUT2D eigenvalue weighted by atomic mass is 35.5. The van der Waals surface area contributed by atoms with Gasteiger partial charge in [-0.25, -0.2) is 4.98 Å². The quantitative estimate of drug-likeness (QED) is 0.623. The highest BCUT2D eigenvalue weighted by Crippen LogP contribution is 2.34. The number of halogens is 4. The topological polar surface area (TPSA) is 66.0 Å². The molecule has 3 rings (SSSR count). The Bertz CT molecular complexity index is 869. The molecule has 156 valence electrons. The standard InChI is InChI=1S/C20H22ClF3N4O/c1-2-16(17-7-4-8-25-17)28-19(29)14-11-26-18(10-15(14)20(22,23)24)27-13-6-3-5-12(21)9-13/h3,5-6,9-11,16-17,25H,2,4,7-8H2,1H3,(H,26,27)(H,28,29). The molecule has 0 spiro atoms. The summed E-state index contributed by atoms with van der Waals surface area (Å²) in [7, 11) is 0. The summed E-state index contributed by atoms with van der Waals surface area (Å²) < 4.78 is 40.9. The number of aromatic nitrogens is 1. The van der Waals surface area contributed by atoms with Gasteiger partial charge < -0.3 is 16.0 Å². The maximum atomic E-state index is 13.6. The van der Waals surface area contributed by atoms with Crippen LogP contribution >= 0.6 is 11.6 Å². The lowest BCUT2D eigenvalue weighted by molar-refractivity contribution is -0.138. The maximum absolute atomic E-state index is 13.6. The van der Waals surface area contributed by atoms with Crippen LogP contribution in [0.5, 0.6) is 0 Å². The van der Waals surface area contributed by atoms with Gasteiger partial charge in [-0.3, -0.25) is 4.79 Å². The van der Waals surface area contributed by atoms with E-state index in [2.05, 4.69) is 20.9 Å². The van der Waals surface area contributed by atoms with Gasteiger partial charge in [-0.05, 0) is 50.1 Å². The number of hydrogen-bond donors (Lipinski definition) is 3. The Morgan fingerprint density at radius 1 is 1.38 bits per heavy atom. The van der Waals surface area contributed by atoms with E-state index in [0.717, 1.165) is 31.6 Å². The predicted molar refractivity (Wildman–Crippen MR) is 107 cm³/mol. The van der Waals surface area contributed by atoms with Crippen LogP contribution in [0.3, 0.4) is 0 Å². The van der Waals surface area contributed by atoms with Gasteiger partial charge in [0.15, 0.2) is 0 Å². The van der Waals surface area contributed by atoms with E-state index in [4.69, 9.17) is 11.6 Å². The summed E-state index contributed by atoms with van der Waals surface area (Å²) in [6.45, 7) is 2.74. The van der Waals surface area contributed by atoms with Gasteiger partial charge in [0.25, 0.3) is 5.91 Å². The molecule has 0 bridgehead atoms. The summed E-state index contributed by atoms with van der Waals surface area (Å²) in [6.07, 6.45) is -1.26. The van der Waals surface area contributed by atoms with E-state index in [1.807, 2.05) is 6.92 Å². The fourth-order valence-corrected chi connectivity index (χ4v) is 3.63. The lowest BCUT2D eigenvalue weighted by Gasteiger charge is -2.24. The van der Waals surface area contributed by atoms with Crippen LogP contribution in [0.15, 0.2) is 36.5 Å². The molecule has 9 heteroatoms. The molecule has 2 aromatic rings. The lowest BCUT2D eigenvalue weighted by Crippen LogP contribution is -2.47. The average molecular weight is 427 g/mol. The number of nitrogens with one attached hydrogen (secondary N) is 3. The Labute approximate surface area is 172 Å². The van der Waals surface area contributed by atoms with Crippen molar-refractivity contribution >= 4 is 29.0 Å². The SMILES string of the molecule is CCC(NC(=O)c1cnc(Nc2cccc(Cl)c2)cc1C(F)(F)F)C1CCCN1. The van der Waals surface area contributed by atoms with Crippen molar-refractivity contribution in [2.24, 2.45) is 0 Å². The Morgan fingerprint density at radius 2 is 2.17 bits per heavy atom. The van der Waals surface area contributed by atoms with Gasteiger partial charge >= 0.3 is 6.18 Å². The molecule has 1 saturated heterocycles. The average Bonchev–Trinajstić information content (AvgIpc) is 3.20. The first-order valence-corrected chi connectivity index (χ1v) is 9.80. The molecule has 5 nitrogen and oxygen atoms in total. The summed E-state index contributed by atoms with van der Waals surface area (Å²) in [5.74, 6) is -0.805. The smallest absolute Gasteiger partial charge is 0.348 e. The number of carbonyl (C=O) groups excluding carboxylic acids is 1. The molecule has 1 aromatic carbocycles. The van der Waals surface area contributed by atoms with Crippen molar-refractivity contribution < 1.29 is 18.0 Å². The predicted octanol–water partition coefficient (Wildman–Crippen LogP) is 4.76. The van der Waals surface area contributed by atoms with Crippen molar-refractivity contribution in [2.45, 2.75) is 44.4 Å². The fourth-order valence-electron chi connectivity index (χ4n) is 3.44. The number of pyridine rings is 1. The molecule has 29 heavy (non-hydrogen) atoms. The van der Waals surface area contributed by atoms with Crippen LogP contribution in [0, 0.1) is 0 Å². The van der Waals surface area contributed by atoms with Crippen molar-refractivity contribution in [3.8, 4) is 0 Å². The third-order valence-corrected chi connectivity index (χ3v) is 5.13. The minimum atomic E-state index is -4.70. The summed E-state index contributed by atoms with van der Waals surface area (Å²) in [6, 6.07) is 7.20. The zero-order valence-corrected chi connectivity index (χ0v) is 16.6. The van der Waals surface area contributed by atoms with Crippen molar-refractivity contribution in [3.05, 3.63) is 52.7 Å². The summed E-state index contributed by atoms with van der Waals surface area (Å²) in [4.78, 5) is 16.6. The van der Waals surface area contributed by atoms with Crippen molar-refractivity contribution in [3.63, 3.8) is 0 Å². The molecule has 2 heterocycles. The van der Waals surface area contributed by atoms with Crippen LogP contribution < -0.4 is 16.0 Å². The molecule has 0 saturated carbocycles. The third kappa shape index (κ3) is 5.39. The van der Waals surface area contributed by atoms with E-state index in [-0.39, 0.29) is 17.9 Å². The number of rotatable bonds is 6. The highest BCUT2D eigenvalue weighted by Gasteiger charge is 2.37. The van der Waals surface area contributed by atoms with Gasteiger partial charge in [0.2, 0.25) is 0 Å². The minimum Gasteiger partial charge on any atom is -0.348 e.